The second kappa shape index (κ2) is 7.02. The number of hydrogen-bond donors (Lipinski definition) is 2. The zero-order valence-electron chi connectivity index (χ0n) is 14.2. The van der Waals surface area contributed by atoms with Crippen molar-refractivity contribution in [2.24, 2.45) is 5.92 Å². The van der Waals surface area contributed by atoms with Crippen molar-refractivity contribution in [1.82, 2.24) is 15.8 Å². The number of allylic oxidation sites excluding steroid dienone is 1. The largest absolute Gasteiger partial charge is 0.452 e. The number of carbonyl (C=O) groups excluding carboxylic acids is 4. The van der Waals surface area contributed by atoms with E-state index in [-0.39, 0.29) is 0 Å². The number of hydrogen-bond acceptors (Lipinski definition) is 5. The molecule has 0 atom stereocenters. The third-order valence-electron chi connectivity index (χ3n) is 4.28. The smallest absolute Gasteiger partial charge is 0.344 e. The van der Waals surface area contributed by atoms with Gasteiger partial charge in [-0.15, -0.1) is 0 Å². The molecule has 2 fully saturated rings. The second-order valence-electron chi connectivity index (χ2n) is 6.70. The van der Waals surface area contributed by atoms with Crippen LogP contribution in [0.25, 0.3) is 0 Å². The fraction of sp³-hybridized carbons (Fsp3) is 0.625. The molecule has 2 aliphatic rings. The van der Waals surface area contributed by atoms with Crippen LogP contribution in [0.4, 0.5) is 4.79 Å². The summed E-state index contributed by atoms with van der Waals surface area (Å²) in [5.41, 5.74) is 2.02. The van der Waals surface area contributed by atoms with Crippen LogP contribution in [0, 0.1) is 5.92 Å². The molecule has 1 spiro atoms. The van der Waals surface area contributed by atoms with Crippen molar-refractivity contribution in [3.05, 3.63) is 11.6 Å². The first-order chi connectivity index (χ1) is 11.2. The zero-order chi connectivity index (χ0) is 17.9. The lowest BCUT2D eigenvalue weighted by Crippen LogP contribution is -2.52. The van der Waals surface area contributed by atoms with E-state index in [0.717, 1.165) is 18.4 Å². The first-order valence-corrected chi connectivity index (χ1v) is 8.01. The van der Waals surface area contributed by atoms with Crippen molar-refractivity contribution >= 4 is 23.8 Å². The maximum Gasteiger partial charge on any atom is 0.344 e. The number of urea groups is 1. The van der Waals surface area contributed by atoms with Crippen LogP contribution in [-0.2, 0) is 19.1 Å². The number of hydrazine groups is 1. The van der Waals surface area contributed by atoms with Crippen molar-refractivity contribution in [1.29, 1.82) is 0 Å². The van der Waals surface area contributed by atoms with Crippen LogP contribution in [0.3, 0.4) is 0 Å². The first kappa shape index (κ1) is 18.0. The molecule has 1 heterocycles. The van der Waals surface area contributed by atoms with Crippen molar-refractivity contribution in [3.8, 4) is 0 Å². The Labute approximate surface area is 140 Å². The molecule has 8 heteroatoms. The van der Waals surface area contributed by atoms with Crippen molar-refractivity contribution in [3.63, 3.8) is 0 Å². The number of imide groups is 1. The summed E-state index contributed by atoms with van der Waals surface area (Å²) in [5, 5.41) is 3.38. The Balaban J connectivity index is 1.91. The molecule has 0 aromatic rings. The normalized spacial score (nSPS) is 26.1. The van der Waals surface area contributed by atoms with E-state index in [9.17, 15) is 19.2 Å². The summed E-state index contributed by atoms with van der Waals surface area (Å²) in [6.07, 6.45) is 4.04. The molecule has 2 rings (SSSR count). The molecular formula is C16H23N3O5. The Bertz CT molecular complexity index is 587. The number of ether oxygens (including phenoxy) is 1. The summed E-state index contributed by atoms with van der Waals surface area (Å²) in [7, 11) is 0. The Hall–Kier alpha value is -2.38. The minimum absolute atomic E-state index is 0.455. The molecule has 0 aromatic carbocycles. The van der Waals surface area contributed by atoms with E-state index in [4.69, 9.17) is 4.74 Å². The molecule has 2 N–H and O–H groups in total. The SMILES string of the molecule is CC(C)=CC(=O)OCC(=O)NN1C(=O)NC2(CCC(C)CC2)C1=O. The van der Waals surface area contributed by atoms with Crippen LogP contribution in [0.15, 0.2) is 11.6 Å². The van der Waals surface area contributed by atoms with Crippen LogP contribution >= 0.6 is 0 Å². The standard InChI is InChI=1S/C16H23N3O5/c1-10(2)8-13(21)24-9-12(20)18-19-14(22)16(17-15(19)23)6-4-11(3)5-7-16/h8,11H,4-7,9H2,1-3H3,(H,17,23)(H,18,20). The molecule has 4 amide bonds. The predicted octanol–water partition coefficient (Wildman–Crippen LogP) is 1.03. The van der Waals surface area contributed by atoms with Gasteiger partial charge in [-0.05, 0) is 45.4 Å². The minimum Gasteiger partial charge on any atom is -0.452 e. The van der Waals surface area contributed by atoms with Gasteiger partial charge in [-0.1, -0.05) is 12.5 Å². The topological polar surface area (TPSA) is 105 Å². The zero-order valence-corrected chi connectivity index (χ0v) is 14.2. The van der Waals surface area contributed by atoms with Gasteiger partial charge in [0.25, 0.3) is 11.8 Å². The molecule has 1 aliphatic carbocycles. The maximum absolute atomic E-state index is 12.5. The van der Waals surface area contributed by atoms with E-state index in [1.54, 1.807) is 13.8 Å². The fourth-order valence-corrected chi connectivity index (χ4v) is 2.89. The molecule has 1 saturated heterocycles. The van der Waals surface area contributed by atoms with Gasteiger partial charge >= 0.3 is 12.0 Å². The highest BCUT2D eigenvalue weighted by molar-refractivity contribution is 6.08. The second-order valence-corrected chi connectivity index (χ2v) is 6.70. The van der Waals surface area contributed by atoms with Gasteiger partial charge in [-0.2, -0.15) is 5.01 Å². The van der Waals surface area contributed by atoms with Gasteiger partial charge in [0, 0.05) is 6.08 Å². The molecule has 0 bridgehead atoms. The highest BCUT2D eigenvalue weighted by Crippen LogP contribution is 2.35. The Morgan fingerprint density at radius 2 is 1.96 bits per heavy atom. The lowest BCUT2D eigenvalue weighted by atomic mass is 9.77. The predicted molar refractivity (Wildman–Crippen MR) is 84.3 cm³/mol. The molecule has 24 heavy (non-hydrogen) atoms. The summed E-state index contributed by atoms with van der Waals surface area (Å²) in [4.78, 5) is 47.7. The Kier molecular flexibility index (Phi) is 5.26. The van der Waals surface area contributed by atoms with E-state index in [0.29, 0.717) is 23.8 Å². The third kappa shape index (κ3) is 3.93. The van der Waals surface area contributed by atoms with E-state index in [1.807, 2.05) is 0 Å². The quantitative estimate of drug-likeness (QED) is 0.453. The summed E-state index contributed by atoms with van der Waals surface area (Å²) >= 11 is 0. The molecular weight excluding hydrogens is 314 g/mol. The summed E-state index contributed by atoms with van der Waals surface area (Å²) in [6.45, 7) is 4.98. The van der Waals surface area contributed by atoms with Crippen LogP contribution in [-0.4, -0.2) is 41.0 Å². The van der Waals surface area contributed by atoms with Crippen LogP contribution in [0.2, 0.25) is 0 Å². The van der Waals surface area contributed by atoms with Gasteiger partial charge in [0.05, 0.1) is 0 Å². The summed E-state index contributed by atoms with van der Waals surface area (Å²) in [6, 6.07) is -0.654. The minimum atomic E-state index is -0.921. The van der Waals surface area contributed by atoms with E-state index < -0.39 is 36.0 Å². The van der Waals surface area contributed by atoms with Crippen LogP contribution in [0.5, 0.6) is 0 Å². The number of esters is 1. The first-order valence-electron chi connectivity index (χ1n) is 8.01. The summed E-state index contributed by atoms with van der Waals surface area (Å²) < 4.78 is 4.75. The lowest BCUT2D eigenvalue weighted by Gasteiger charge is -2.33. The molecule has 0 unspecified atom stereocenters. The highest BCUT2D eigenvalue weighted by Gasteiger charge is 2.52. The number of rotatable bonds is 4. The fourth-order valence-electron chi connectivity index (χ4n) is 2.89. The molecule has 1 aliphatic heterocycles. The van der Waals surface area contributed by atoms with E-state index in [1.165, 1.54) is 6.08 Å². The number of carbonyl (C=O) groups is 4. The van der Waals surface area contributed by atoms with E-state index in [2.05, 4.69) is 17.7 Å². The highest BCUT2D eigenvalue weighted by atomic mass is 16.5. The molecule has 1 saturated carbocycles. The van der Waals surface area contributed by atoms with Crippen molar-refractivity contribution in [2.75, 3.05) is 6.61 Å². The molecule has 0 aromatic heterocycles. The van der Waals surface area contributed by atoms with Gasteiger partial charge in [-0.3, -0.25) is 15.0 Å². The maximum atomic E-state index is 12.5. The Morgan fingerprint density at radius 1 is 1.33 bits per heavy atom. The molecule has 132 valence electrons. The van der Waals surface area contributed by atoms with Gasteiger partial charge in [0.2, 0.25) is 0 Å². The van der Waals surface area contributed by atoms with Crippen LogP contribution < -0.4 is 10.7 Å². The Morgan fingerprint density at radius 3 is 2.54 bits per heavy atom. The average Bonchev–Trinajstić information content (AvgIpc) is 2.72. The van der Waals surface area contributed by atoms with Crippen molar-refractivity contribution in [2.45, 2.75) is 52.0 Å². The van der Waals surface area contributed by atoms with Gasteiger partial charge < -0.3 is 10.1 Å². The van der Waals surface area contributed by atoms with E-state index >= 15 is 0 Å². The monoisotopic (exact) mass is 337 g/mol. The summed E-state index contributed by atoms with van der Waals surface area (Å²) in [5.74, 6) is -1.34. The lowest BCUT2D eigenvalue weighted by molar-refractivity contribution is -0.147. The van der Waals surface area contributed by atoms with Gasteiger partial charge in [0.1, 0.15) is 5.54 Å². The van der Waals surface area contributed by atoms with Crippen molar-refractivity contribution < 1.29 is 23.9 Å². The number of nitrogens with zero attached hydrogens (tertiary/aromatic N) is 1. The van der Waals surface area contributed by atoms with Gasteiger partial charge in [-0.25, -0.2) is 9.59 Å². The van der Waals surface area contributed by atoms with Crippen LogP contribution in [0.1, 0.15) is 46.5 Å². The average molecular weight is 337 g/mol. The number of nitrogens with one attached hydrogen (secondary N) is 2. The molecule has 0 radical (unpaired) electrons. The number of amides is 4. The third-order valence-corrected chi connectivity index (χ3v) is 4.28. The van der Waals surface area contributed by atoms with Gasteiger partial charge in [0.15, 0.2) is 6.61 Å². The molecule has 8 nitrogen and oxygen atoms in total.